The molecule has 0 fully saturated rings. The summed E-state index contributed by atoms with van der Waals surface area (Å²) in [6.07, 6.45) is 0.167. The molecule has 0 saturated heterocycles. The number of methoxy groups -OCH3 is 1. The summed E-state index contributed by atoms with van der Waals surface area (Å²) in [6, 6.07) is 5.10. The van der Waals surface area contributed by atoms with Gasteiger partial charge in [-0.2, -0.15) is 0 Å². The lowest BCUT2D eigenvalue weighted by Crippen LogP contribution is -2.38. The molecule has 1 amide bonds. The highest BCUT2D eigenvalue weighted by Crippen LogP contribution is 2.32. The fourth-order valence-corrected chi connectivity index (χ4v) is 2.18. The third-order valence-electron chi connectivity index (χ3n) is 3.54. The van der Waals surface area contributed by atoms with Crippen molar-refractivity contribution in [1.29, 1.82) is 0 Å². The fraction of sp³-hybridized carbons (Fsp3) is 0.500. The smallest absolute Gasteiger partial charge is 0.307 e. The molecular weight excluding hydrogens is 300 g/mol. The predicted molar refractivity (Wildman–Crippen MR) is 83.7 cm³/mol. The molecule has 0 atom stereocenters. The average molecular weight is 322 g/mol. The first kappa shape index (κ1) is 17.1. The second-order valence-corrected chi connectivity index (χ2v) is 5.49. The van der Waals surface area contributed by atoms with E-state index in [0.717, 1.165) is 0 Å². The van der Waals surface area contributed by atoms with E-state index in [-0.39, 0.29) is 25.1 Å². The van der Waals surface area contributed by atoms with E-state index in [4.69, 9.17) is 9.47 Å². The van der Waals surface area contributed by atoms with Gasteiger partial charge in [0.1, 0.15) is 0 Å². The maximum absolute atomic E-state index is 12.7. The first-order valence-electron chi connectivity index (χ1n) is 7.41. The number of hydrogen-bond acceptors (Lipinski definition) is 6. The lowest BCUT2D eigenvalue weighted by Gasteiger charge is -2.24. The number of likely N-dealkylation sites (N-methyl/N-ethyl adjacent to an activating group) is 1. The van der Waals surface area contributed by atoms with Gasteiger partial charge in [-0.15, -0.1) is 0 Å². The molecule has 1 aliphatic heterocycles. The van der Waals surface area contributed by atoms with Gasteiger partial charge in [0.05, 0.1) is 13.5 Å². The zero-order chi connectivity index (χ0) is 16.8. The van der Waals surface area contributed by atoms with Crippen LogP contribution in [0.2, 0.25) is 0 Å². The van der Waals surface area contributed by atoms with E-state index in [1.165, 1.54) is 7.11 Å². The van der Waals surface area contributed by atoms with Crippen LogP contribution < -0.4 is 9.47 Å². The minimum atomic E-state index is -0.335. The molecule has 1 aromatic rings. The Morgan fingerprint density at radius 2 is 1.87 bits per heavy atom. The molecule has 7 nitrogen and oxygen atoms in total. The van der Waals surface area contributed by atoms with Crippen molar-refractivity contribution in [2.24, 2.45) is 0 Å². The van der Waals surface area contributed by atoms with Gasteiger partial charge >= 0.3 is 5.97 Å². The van der Waals surface area contributed by atoms with Crippen LogP contribution in [0.3, 0.4) is 0 Å². The van der Waals surface area contributed by atoms with Crippen molar-refractivity contribution in [3.8, 4) is 11.5 Å². The van der Waals surface area contributed by atoms with E-state index in [1.54, 1.807) is 23.1 Å². The number of fused-ring (bicyclic) bond motifs is 1. The standard InChI is InChI=1S/C16H22N2O5/c1-17(2)8-9-18(7-6-15(19)21-3)16(20)12-4-5-13-14(10-12)23-11-22-13/h4-5,10H,6-9,11H2,1-3H3. The van der Waals surface area contributed by atoms with Gasteiger partial charge in [-0.3, -0.25) is 9.59 Å². The highest BCUT2D eigenvalue weighted by molar-refractivity contribution is 5.95. The monoisotopic (exact) mass is 322 g/mol. The summed E-state index contributed by atoms with van der Waals surface area (Å²) in [5.74, 6) is 0.722. The lowest BCUT2D eigenvalue weighted by atomic mass is 10.1. The minimum absolute atomic E-state index is 0.144. The number of rotatable bonds is 7. The number of nitrogens with zero attached hydrogens (tertiary/aromatic N) is 2. The van der Waals surface area contributed by atoms with Crippen LogP contribution >= 0.6 is 0 Å². The molecule has 2 rings (SSSR count). The number of ether oxygens (including phenoxy) is 3. The second kappa shape index (κ2) is 7.82. The molecule has 1 heterocycles. The van der Waals surface area contributed by atoms with Crippen molar-refractivity contribution >= 4 is 11.9 Å². The zero-order valence-electron chi connectivity index (χ0n) is 13.7. The number of carbonyl (C=O) groups is 2. The molecular formula is C16H22N2O5. The number of carbonyl (C=O) groups excluding carboxylic acids is 2. The van der Waals surface area contributed by atoms with Crippen LogP contribution in [0, 0.1) is 0 Å². The average Bonchev–Trinajstić information content (AvgIpc) is 3.01. The number of hydrogen-bond donors (Lipinski definition) is 0. The minimum Gasteiger partial charge on any atom is -0.469 e. The summed E-state index contributed by atoms with van der Waals surface area (Å²) in [5, 5.41) is 0. The Morgan fingerprint density at radius 1 is 1.13 bits per heavy atom. The van der Waals surface area contributed by atoms with Crippen LogP contribution in [-0.4, -0.2) is 69.3 Å². The molecule has 0 aliphatic carbocycles. The third kappa shape index (κ3) is 4.59. The van der Waals surface area contributed by atoms with E-state index < -0.39 is 0 Å². The molecule has 0 saturated carbocycles. The van der Waals surface area contributed by atoms with Crippen molar-refractivity contribution < 1.29 is 23.8 Å². The number of amides is 1. The molecule has 23 heavy (non-hydrogen) atoms. The summed E-state index contributed by atoms with van der Waals surface area (Å²) < 4.78 is 15.2. The molecule has 0 spiro atoms. The number of esters is 1. The van der Waals surface area contributed by atoms with Gasteiger partial charge in [-0.1, -0.05) is 0 Å². The van der Waals surface area contributed by atoms with Crippen molar-refractivity contribution in [3.05, 3.63) is 23.8 Å². The summed E-state index contributed by atoms with van der Waals surface area (Å²) in [7, 11) is 5.21. The fourth-order valence-electron chi connectivity index (χ4n) is 2.18. The van der Waals surface area contributed by atoms with Crippen molar-refractivity contribution in [2.45, 2.75) is 6.42 Å². The van der Waals surface area contributed by atoms with Gasteiger partial charge < -0.3 is 24.0 Å². The predicted octanol–water partition coefficient (Wildman–Crippen LogP) is 0.982. The van der Waals surface area contributed by atoms with E-state index in [2.05, 4.69) is 4.74 Å². The molecule has 0 unspecified atom stereocenters. The summed E-state index contributed by atoms with van der Waals surface area (Å²) >= 11 is 0. The van der Waals surface area contributed by atoms with Crippen molar-refractivity contribution in [3.63, 3.8) is 0 Å². The molecule has 7 heteroatoms. The maximum atomic E-state index is 12.7. The quantitative estimate of drug-likeness (QED) is 0.697. The van der Waals surface area contributed by atoms with E-state index in [9.17, 15) is 9.59 Å². The molecule has 0 N–H and O–H groups in total. The van der Waals surface area contributed by atoms with Crippen LogP contribution in [0.4, 0.5) is 0 Å². The topological polar surface area (TPSA) is 68.3 Å². The van der Waals surface area contributed by atoms with Gasteiger partial charge in [0.2, 0.25) is 6.79 Å². The first-order chi connectivity index (χ1) is 11.0. The highest BCUT2D eigenvalue weighted by atomic mass is 16.7. The van der Waals surface area contributed by atoms with Gasteiger partial charge in [0.25, 0.3) is 5.91 Å². The second-order valence-electron chi connectivity index (χ2n) is 5.49. The van der Waals surface area contributed by atoms with Crippen LogP contribution in [0.25, 0.3) is 0 Å². The van der Waals surface area contributed by atoms with Crippen LogP contribution in [0.5, 0.6) is 11.5 Å². The van der Waals surface area contributed by atoms with Crippen LogP contribution in [0.1, 0.15) is 16.8 Å². The first-order valence-corrected chi connectivity index (χ1v) is 7.41. The van der Waals surface area contributed by atoms with E-state index in [0.29, 0.717) is 36.7 Å². The molecule has 126 valence electrons. The van der Waals surface area contributed by atoms with Crippen LogP contribution in [0.15, 0.2) is 18.2 Å². The lowest BCUT2D eigenvalue weighted by molar-refractivity contribution is -0.140. The Balaban J connectivity index is 2.09. The molecule has 0 bridgehead atoms. The molecule has 1 aromatic carbocycles. The zero-order valence-corrected chi connectivity index (χ0v) is 13.7. The molecule has 0 radical (unpaired) electrons. The Bertz CT molecular complexity index is 574. The summed E-state index contributed by atoms with van der Waals surface area (Å²) in [5.41, 5.74) is 0.512. The van der Waals surface area contributed by atoms with Gasteiger partial charge in [0.15, 0.2) is 11.5 Å². The SMILES string of the molecule is COC(=O)CCN(CCN(C)C)C(=O)c1ccc2c(c1)OCO2. The summed E-state index contributed by atoms with van der Waals surface area (Å²) in [4.78, 5) is 27.7. The summed E-state index contributed by atoms with van der Waals surface area (Å²) in [6.45, 7) is 1.71. The Labute approximate surface area is 135 Å². The Morgan fingerprint density at radius 3 is 2.57 bits per heavy atom. The molecule has 1 aliphatic rings. The normalized spacial score (nSPS) is 12.3. The Kier molecular flexibility index (Phi) is 5.81. The van der Waals surface area contributed by atoms with E-state index >= 15 is 0 Å². The maximum Gasteiger partial charge on any atom is 0.307 e. The van der Waals surface area contributed by atoms with Gasteiger partial charge in [-0.25, -0.2) is 0 Å². The van der Waals surface area contributed by atoms with Gasteiger partial charge in [0, 0.05) is 25.2 Å². The van der Waals surface area contributed by atoms with Crippen molar-refractivity contribution in [1.82, 2.24) is 9.80 Å². The van der Waals surface area contributed by atoms with Crippen molar-refractivity contribution in [2.75, 3.05) is 47.6 Å². The van der Waals surface area contributed by atoms with E-state index in [1.807, 2.05) is 19.0 Å². The van der Waals surface area contributed by atoms with Crippen LogP contribution in [-0.2, 0) is 9.53 Å². The van der Waals surface area contributed by atoms with Gasteiger partial charge in [-0.05, 0) is 32.3 Å². The third-order valence-corrected chi connectivity index (χ3v) is 3.54. The Hall–Kier alpha value is -2.28. The molecule has 0 aromatic heterocycles. The highest BCUT2D eigenvalue weighted by Gasteiger charge is 2.21. The number of benzene rings is 1. The largest absolute Gasteiger partial charge is 0.469 e.